The van der Waals surface area contributed by atoms with Gasteiger partial charge in [-0.3, -0.25) is 14.6 Å². The van der Waals surface area contributed by atoms with E-state index in [1.165, 1.54) is 30.6 Å². The van der Waals surface area contributed by atoms with Crippen molar-refractivity contribution in [2.24, 2.45) is 11.8 Å². The standard InChI is InChI=1S/C48H52N4O8/c1-27-6-8-33(9-7-27)25-57-38-16-14-35(15-17-38)44-26-58-42-22-36-21-41(52(24-37(36)23-43(42)60-44)47(54)45-30(4)59-31(5)50-45)46(53)51-40(48(55)56)20-32-10-12-34(13-11-32)39-18-19-49-29(3)28(39)2/h10-19,22-23,27,33,40-41,44H,6-9,20-21,24-26H2,1-5H3,(H,51,53)(H,55,56)/t27-,33-,40-,41-,44+/m0/s1. The summed E-state index contributed by atoms with van der Waals surface area (Å²) in [7, 11) is 0. The fourth-order valence-electron chi connectivity index (χ4n) is 8.59. The number of fused-ring (bicyclic) bond motifs is 2. The first kappa shape index (κ1) is 40.6. The first-order chi connectivity index (χ1) is 28.9. The van der Waals surface area contributed by atoms with Crippen molar-refractivity contribution in [2.75, 3.05) is 13.2 Å². The lowest BCUT2D eigenvalue weighted by molar-refractivity contribution is -0.142. The van der Waals surface area contributed by atoms with Crippen molar-refractivity contribution in [3.05, 3.63) is 124 Å². The van der Waals surface area contributed by atoms with E-state index in [4.69, 9.17) is 18.6 Å². The number of rotatable bonds is 11. The van der Waals surface area contributed by atoms with Crippen LogP contribution in [0.1, 0.15) is 94.4 Å². The fraction of sp³-hybridized carbons (Fsp3) is 0.396. The monoisotopic (exact) mass is 812 g/mol. The molecule has 0 bridgehead atoms. The number of carboxylic acids is 1. The SMILES string of the molecule is Cc1nc(C(=O)N2Cc3cc4c(cc3C[C@H]2C(=O)N[C@@H](Cc2ccc(-c3ccnc(C)c3C)cc2)C(=O)O)OC[C@H](c2ccc(OC[C@H]3CC[C@H](C)CC3)cc2)O4)c(C)o1. The number of benzene rings is 3. The van der Waals surface area contributed by atoms with Crippen LogP contribution in [0.5, 0.6) is 17.2 Å². The predicted molar refractivity (Wildman–Crippen MR) is 224 cm³/mol. The summed E-state index contributed by atoms with van der Waals surface area (Å²) in [6.07, 6.45) is 6.52. The third kappa shape index (κ3) is 8.73. The number of hydrogen-bond donors (Lipinski definition) is 2. The molecule has 3 aliphatic rings. The molecule has 2 aliphatic heterocycles. The molecule has 1 aliphatic carbocycles. The van der Waals surface area contributed by atoms with Crippen LogP contribution in [-0.2, 0) is 29.0 Å². The highest BCUT2D eigenvalue weighted by Crippen LogP contribution is 2.41. The normalized spacial score (nSPS) is 20.2. The summed E-state index contributed by atoms with van der Waals surface area (Å²) in [5.74, 6) is 1.70. The van der Waals surface area contributed by atoms with Gasteiger partial charge in [0.1, 0.15) is 30.2 Å². The Hall–Kier alpha value is -6.17. The number of carbonyl (C=O) groups is 3. The van der Waals surface area contributed by atoms with Gasteiger partial charge in [-0.15, -0.1) is 0 Å². The first-order valence-electron chi connectivity index (χ1n) is 20.9. The van der Waals surface area contributed by atoms with Gasteiger partial charge in [-0.05, 0) is 115 Å². The number of nitrogens with zero attached hydrogens (tertiary/aromatic N) is 3. The molecule has 0 spiro atoms. The second kappa shape index (κ2) is 17.2. The van der Waals surface area contributed by atoms with Crippen molar-refractivity contribution in [1.82, 2.24) is 20.2 Å². The smallest absolute Gasteiger partial charge is 0.326 e. The molecule has 3 aromatic carbocycles. The molecule has 4 heterocycles. The second-order valence-electron chi connectivity index (χ2n) is 16.7. The van der Waals surface area contributed by atoms with Gasteiger partial charge in [-0.2, -0.15) is 0 Å². The average molecular weight is 813 g/mol. The Morgan fingerprint density at radius 3 is 2.37 bits per heavy atom. The van der Waals surface area contributed by atoms with Crippen LogP contribution >= 0.6 is 0 Å². The Morgan fingerprint density at radius 1 is 0.933 bits per heavy atom. The number of pyridine rings is 1. The molecule has 312 valence electrons. The van der Waals surface area contributed by atoms with Gasteiger partial charge in [0.15, 0.2) is 29.2 Å². The van der Waals surface area contributed by atoms with Crippen LogP contribution in [-0.4, -0.2) is 63.1 Å². The molecule has 2 aromatic heterocycles. The van der Waals surface area contributed by atoms with Crippen LogP contribution in [0.15, 0.2) is 77.3 Å². The molecule has 0 unspecified atom stereocenters. The molecular weight excluding hydrogens is 761 g/mol. The van der Waals surface area contributed by atoms with E-state index in [0.29, 0.717) is 29.1 Å². The van der Waals surface area contributed by atoms with Crippen LogP contribution in [0.25, 0.3) is 11.1 Å². The minimum atomic E-state index is -1.25. The molecule has 12 nitrogen and oxygen atoms in total. The number of carbonyl (C=O) groups excluding carboxylic acids is 2. The van der Waals surface area contributed by atoms with Crippen LogP contribution < -0.4 is 19.5 Å². The molecule has 8 rings (SSSR count). The van der Waals surface area contributed by atoms with Crippen molar-refractivity contribution in [3.63, 3.8) is 0 Å². The van der Waals surface area contributed by atoms with Gasteiger partial charge < -0.3 is 34.0 Å². The molecular formula is C48H52N4O8. The van der Waals surface area contributed by atoms with E-state index in [1.807, 2.05) is 80.6 Å². The molecule has 1 saturated carbocycles. The molecule has 5 aromatic rings. The highest BCUT2D eigenvalue weighted by molar-refractivity contribution is 5.98. The largest absolute Gasteiger partial charge is 0.493 e. The lowest BCUT2D eigenvalue weighted by Gasteiger charge is -2.37. The summed E-state index contributed by atoms with van der Waals surface area (Å²) in [5.41, 5.74) is 7.40. The van der Waals surface area contributed by atoms with Gasteiger partial charge in [0.25, 0.3) is 5.91 Å². The lowest BCUT2D eigenvalue weighted by atomic mass is 9.83. The highest BCUT2D eigenvalue weighted by atomic mass is 16.6. The molecule has 0 saturated heterocycles. The van der Waals surface area contributed by atoms with E-state index in [0.717, 1.165) is 62.9 Å². The number of aliphatic carboxylic acids is 1. The second-order valence-corrected chi connectivity index (χ2v) is 16.7. The zero-order valence-electron chi connectivity index (χ0n) is 34.8. The third-order valence-electron chi connectivity index (χ3n) is 12.4. The zero-order chi connectivity index (χ0) is 42.1. The van der Waals surface area contributed by atoms with Crippen LogP contribution in [0.3, 0.4) is 0 Å². The number of aryl methyl sites for hydroxylation is 3. The van der Waals surface area contributed by atoms with E-state index in [-0.39, 0.29) is 37.8 Å². The van der Waals surface area contributed by atoms with E-state index in [2.05, 4.69) is 22.2 Å². The highest BCUT2D eigenvalue weighted by Gasteiger charge is 2.39. The molecule has 60 heavy (non-hydrogen) atoms. The maximum Gasteiger partial charge on any atom is 0.326 e. The number of oxazole rings is 1. The Bertz CT molecular complexity index is 2380. The minimum Gasteiger partial charge on any atom is -0.493 e. The van der Waals surface area contributed by atoms with Crippen molar-refractivity contribution in [2.45, 2.75) is 97.9 Å². The quantitative estimate of drug-likeness (QED) is 0.134. The third-order valence-corrected chi connectivity index (χ3v) is 12.4. The van der Waals surface area contributed by atoms with Crippen molar-refractivity contribution < 1.29 is 38.1 Å². The predicted octanol–water partition coefficient (Wildman–Crippen LogP) is 8.07. The Labute approximate surface area is 350 Å². The van der Waals surface area contributed by atoms with E-state index < -0.39 is 29.9 Å². The Kier molecular flexibility index (Phi) is 11.6. The van der Waals surface area contributed by atoms with Crippen LogP contribution in [0, 0.1) is 39.5 Å². The molecule has 12 heteroatoms. The van der Waals surface area contributed by atoms with Crippen molar-refractivity contribution in [1.29, 1.82) is 0 Å². The number of aromatic nitrogens is 2. The van der Waals surface area contributed by atoms with Gasteiger partial charge in [0.2, 0.25) is 5.91 Å². The Balaban J connectivity index is 0.985. The van der Waals surface area contributed by atoms with E-state index >= 15 is 0 Å². The molecule has 3 atom stereocenters. The summed E-state index contributed by atoms with van der Waals surface area (Å²) >= 11 is 0. The van der Waals surface area contributed by atoms with E-state index in [9.17, 15) is 19.5 Å². The lowest BCUT2D eigenvalue weighted by Crippen LogP contribution is -2.56. The number of nitrogens with one attached hydrogen (secondary N) is 1. The van der Waals surface area contributed by atoms with Gasteiger partial charge in [-0.1, -0.05) is 56.2 Å². The number of ether oxygens (including phenoxy) is 3. The molecule has 2 amide bonds. The average Bonchev–Trinajstić information content (AvgIpc) is 3.59. The minimum absolute atomic E-state index is 0.0457. The topological polar surface area (TPSA) is 153 Å². The Morgan fingerprint density at radius 2 is 1.67 bits per heavy atom. The summed E-state index contributed by atoms with van der Waals surface area (Å²) < 4.78 is 24.5. The maximum absolute atomic E-state index is 14.2. The van der Waals surface area contributed by atoms with Crippen molar-refractivity contribution in [3.8, 4) is 28.4 Å². The molecule has 1 fully saturated rings. The van der Waals surface area contributed by atoms with Crippen molar-refractivity contribution >= 4 is 17.8 Å². The van der Waals surface area contributed by atoms with Gasteiger partial charge in [0, 0.05) is 38.2 Å². The van der Waals surface area contributed by atoms with E-state index in [1.54, 1.807) is 20.0 Å². The van der Waals surface area contributed by atoms with Gasteiger partial charge >= 0.3 is 5.97 Å². The van der Waals surface area contributed by atoms with Gasteiger partial charge in [-0.25, -0.2) is 9.78 Å². The number of carboxylic acid groups (broad SMARTS) is 1. The van der Waals surface area contributed by atoms with Gasteiger partial charge in [0.05, 0.1) is 6.61 Å². The maximum atomic E-state index is 14.2. The summed E-state index contributed by atoms with van der Waals surface area (Å²) in [6, 6.07) is 19.0. The fourth-order valence-corrected chi connectivity index (χ4v) is 8.59. The summed E-state index contributed by atoms with van der Waals surface area (Å²) in [4.78, 5) is 51.2. The molecule has 2 N–H and O–H groups in total. The summed E-state index contributed by atoms with van der Waals surface area (Å²) in [6.45, 7) is 10.7. The zero-order valence-corrected chi connectivity index (χ0v) is 34.8. The number of hydrogen-bond acceptors (Lipinski definition) is 9. The number of amides is 2. The molecule has 0 radical (unpaired) electrons. The van der Waals surface area contributed by atoms with Crippen LogP contribution in [0.2, 0.25) is 0 Å². The van der Waals surface area contributed by atoms with Crippen LogP contribution in [0.4, 0.5) is 0 Å². The summed E-state index contributed by atoms with van der Waals surface area (Å²) in [5, 5.41) is 13.1. The first-order valence-corrected chi connectivity index (χ1v) is 20.9.